The Bertz CT molecular complexity index is 346. The highest BCUT2D eigenvalue weighted by molar-refractivity contribution is 5.67. The van der Waals surface area contributed by atoms with Crippen molar-refractivity contribution in [3.63, 3.8) is 0 Å². The lowest BCUT2D eigenvalue weighted by atomic mass is 10.1. The highest BCUT2D eigenvalue weighted by Crippen LogP contribution is 2.27. The smallest absolute Gasteiger partial charge is 0.303 e. The molecule has 0 aromatic heterocycles. The average molecular weight is 211 g/mol. The van der Waals surface area contributed by atoms with Gasteiger partial charge in [0.25, 0.3) is 0 Å². The molecule has 82 valence electrons. The maximum atomic E-state index is 10.4. The molecule has 1 N–H and O–H groups in total. The van der Waals surface area contributed by atoms with Crippen molar-refractivity contribution in [2.45, 2.75) is 12.8 Å². The van der Waals surface area contributed by atoms with Gasteiger partial charge < -0.3 is 14.6 Å². The Morgan fingerprint density at radius 2 is 1.93 bits per heavy atom. The fourth-order valence-electron chi connectivity index (χ4n) is 1.29. The normalized spacial score (nSPS) is 9.73. The maximum Gasteiger partial charge on any atom is 0.303 e. The van der Waals surface area contributed by atoms with Crippen LogP contribution in [0.5, 0.6) is 11.5 Å². The summed E-state index contributed by atoms with van der Waals surface area (Å²) in [4.78, 5) is 10.4. The second kappa shape index (κ2) is 5.24. The van der Waals surface area contributed by atoms with Gasteiger partial charge in [-0.3, -0.25) is 4.79 Å². The van der Waals surface area contributed by atoms with E-state index in [0.29, 0.717) is 17.9 Å². The zero-order chi connectivity index (χ0) is 11.3. The van der Waals surface area contributed by atoms with Crippen LogP contribution in [0.3, 0.4) is 0 Å². The molecule has 0 saturated heterocycles. The first kappa shape index (κ1) is 11.4. The van der Waals surface area contributed by atoms with Gasteiger partial charge in [-0.2, -0.15) is 0 Å². The van der Waals surface area contributed by atoms with Crippen molar-refractivity contribution < 1.29 is 19.4 Å². The molecule has 4 nitrogen and oxygen atoms in total. The van der Waals surface area contributed by atoms with Crippen LogP contribution in [-0.4, -0.2) is 25.3 Å². The van der Waals surface area contributed by atoms with Crippen molar-refractivity contribution in [3.05, 3.63) is 23.8 Å². The minimum Gasteiger partial charge on any atom is -0.493 e. The van der Waals surface area contributed by atoms with E-state index in [-0.39, 0.29) is 6.42 Å². The van der Waals surface area contributed by atoms with Crippen molar-refractivity contribution >= 4 is 5.97 Å². The Labute approximate surface area is 88.4 Å². The average Bonchev–Trinajstić information content (AvgIpc) is 2.25. The summed E-state index contributed by atoms with van der Waals surface area (Å²) in [5.41, 5.74) is 0.926. The minimum absolute atomic E-state index is 0.121. The molecule has 0 unspecified atom stereocenters. The topological polar surface area (TPSA) is 55.8 Å². The summed E-state index contributed by atoms with van der Waals surface area (Å²) in [7, 11) is 3.12. The number of carboxylic acids is 1. The Morgan fingerprint density at radius 1 is 1.27 bits per heavy atom. The van der Waals surface area contributed by atoms with Crippen LogP contribution >= 0.6 is 0 Å². The molecular formula is C11H14O4. The highest BCUT2D eigenvalue weighted by Gasteiger charge is 2.05. The summed E-state index contributed by atoms with van der Waals surface area (Å²) in [6, 6.07) is 5.40. The zero-order valence-electron chi connectivity index (χ0n) is 8.82. The van der Waals surface area contributed by atoms with Crippen LogP contribution in [0.15, 0.2) is 18.2 Å². The summed E-state index contributed by atoms with van der Waals surface area (Å²) in [5, 5.41) is 8.55. The van der Waals surface area contributed by atoms with Crippen LogP contribution in [0, 0.1) is 0 Å². The first-order chi connectivity index (χ1) is 7.17. The van der Waals surface area contributed by atoms with Gasteiger partial charge in [-0.25, -0.2) is 0 Å². The number of hydrogen-bond donors (Lipinski definition) is 1. The second-order valence-electron chi connectivity index (χ2n) is 3.08. The molecule has 15 heavy (non-hydrogen) atoms. The third-order valence-corrected chi connectivity index (χ3v) is 2.08. The summed E-state index contributed by atoms with van der Waals surface area (Å²) in [5.74, 6) is 0.474. The van der Waals surface area contributed by atoms with E-state index in [1.165, 1.54) is 0 Å². The molecule has 0 atom stereocenters. The van der Waals surface area contributed by atoms with Crippen LogP contribution in [-0.2, 0) is 11.2 Å². The largest absolute Gasteiger partial charge is 0.493 e. The van der Waals surface area contributed by atoms with Crippen LogP contribution in [0.1, 0.15) is 12.0 Å². The van der Waals surface area contributed by atoms with Gasteiger partial charge in [-0.05, 0) is 24.1 Å². The van der Waals surface area contributed by atoms with E-state index >= 15 is 0 Å². The lowest BCUT2D eigenvalue weighted by molar-refractivity contribution is -0.136. The first-order valence-corrected chi connectivity index (χ1v) is 4.60. The summed E-state index contributed by atoms with van der Waals surface area (Å²) in [6.45, 7) is 0. The fourth-order valence-corrected chi connectivity index (χ4v) is 1.29. The van der Waals surface area contributed by atoms with E-state index in [9.17, 15) is 4.79 Å². The van der Waals surface area contributed by atoms with Crippen molar-refractivity contribution in [2.24, 2.45) is 0 Å². The SMILES string of the molecule is COc1ccc(CC[13C](=O)O)cc1OC. The zero-order valence-corrected chi connectivity index (χ0v) is 8.82. The van der Waals surface area contributed by atoms with Gasteiger partial charge >= 0.3 is 5.97 Å². The van der Waals surface area contributed by atoms with Crippen LogP contribution in [0.2, 0.25) is 0 Å². The van der Waals surface area contributed by atoms with Gasteiger partial charge in [0.05, 0.1) is 14.2 Å². The number of benzene rings is 1. The van der Waals surface area contributed by atoms with Crippen molar-refractivity contribution in [3.8, 4) is 11.5 Å². The van der Waals surface area contributed by atoms with E-state index < -0.39 is 5.97 Å². The molecule has 0 aliphatic heterocycles. The molecule has 0 amide bonds. The van der Waals surface area contributed by atoms with Crippen LogP contribution < -0.4 is 9.47 Å². The number of hydrogen-bond acceptors (Lipinski definition) is 3. The molecule has 0 aliphatic carbocycles. The van der Waals surface area contributed by atoms with Crippen molar-refractivity contribution in [1.82, 2.24) is 0 Å². The molecule has 4 heteroatoms. The standard InChI is InChI=1S/C11H14O4/c1-14-9-5-3-8(4-6-11(12)13)7-10(9)15-2/h3,5,7H,4,6H2,1-2H3,(H,12,13)/i11+1. The number of carboxylic acid groups (broad SMARTS) is 1. The number of aliphatic carboxylic acids is 1. The molecular weight excluding hydrogens is 197 g/mol. The lowest BCUT2D eigenvalue weighted by Crippen LogP contribution is -1.98. The van der Waals surface area contributed by atoms with Gasteiger partial charge in [0, 0.05) is 6.42 Å². The number of ether oxygens (including phenoxy) is 2. The molecule has 0 heterocycles. The van der Waals surface area contributed by atoms with Gasteiger partial charge in [-0.1, -0.05) is 6.07 Å². The van der Waals surface area contributed by atoms with Gasteiger partial charge in [-0.15, -0.1) is 0 Å². The number of methoxy groups -OCH3 is 2. The van der Waals surface area contributed by atoms with E-state index in [0.717, 1.165) is 5.56 Å². The number of rotatable bonds is 5. The van der Waals surface area contributed by atoms with Crippen LogP contribution in [0.25, 0.3) is 0 Å². The van der Waals surface area contributed by atoms with E-state index in [1.807, 2.05) is 6.07 Å². The predicted molar refractivity (Wildman–Crippen MR) is 55.5 cm³/mol. The Kier molecular flexibility index (Phi) is 3.97. The molecule has 1 rings (SSSR count). The highest BCUT2D eigenvalue weighted by atomic mass is 16.5. The molecule has 0 spiro atoms. The third-order valence-electron chi connectivity index (χ3n) is 2.08. The first-order valence-electron chi connectivity index (χ1n) is 4.60. The van der Waals surface area contributed by atoms with Gasteiger partial charge in [0.2, 0.25) is 0 Å². The second-order valence-corrected chi connectivity index (χ2v) is 3.08. The summed E-state index contributed by atoms with van der Waals surface area (Å²) in [6.07, 6.45) is 0.616. The Morgan fingerprint density at radius 3 is 2.47 bits per heavy atom. The molecule has 0 saturated carbocycles. The predicted octanol–water partition coefficient (Wildman–Crippen LogP) is 1.72. The summed E-state index contributed by atoms with van der Waals surface area (Å²) < 4.78 is 10.2. The quantitative estimate of drug-likeness (QED) is 0.753. The van der Waals surface area contributed by atoms with E-state index in [4.69, 9.17) is 14.6 Å². The van der Waals surface area contributed by atoms with Crippen molar-refractivity contribution in [2.75, 3.05) is 14.2 Å². The number of carbonyl (C=O) groups is 1. The molecule has 0 radical (unpaired) electrons. The fraction of sp³-hybridized carbons (Fsp3) is 0.364. The minimum atomic E-state index is -0.801. The molecule has 1 aromatic rings. The maximum absolute atomic E-state index is 10.4. The number of aryl methyl sites for hydroxylation is 1. The van der Waals surface area contributed by atoms with E-state index in [2.05, 4.69) is 0 Å². The van der Waals surface area contributed by atoms with Crippen LogP contribution in [0.4, 0.5) is 0 Å². The third kappa shape index (κ3) is 3.16. The van der Waals surface area contributed by atoms with Crippen molar-refractivity contribution in [1.29, 1.82) is 0 Å². The monoisotopic (exact) mass is 211 g/mol. The molecule has 1 aromatic carbocycles. The molecule has 0 bridgehead atoms. The lowest BCUT2D eigenvalue weighted by Gasteiger charge is -2.08. The Balaban J connectivity index is 2.78. The molecule has 0 aliphatic rings. The van der Waals surface area contributed by atoms with E-state index in [1.54, 1.807) is 26.4 Å². The van der Waals surface area contributed by atoms with Gasteiger partial charge in [0.15, 0.2) is 11.5 Å². The van der Waals surface area contributed by atoms with Gasteiger partial charge in [0.1, 0.15) is 0 Å². The Hall–Kier alpha value is -1.71. The molecule has 0 fully saturated rings. The summed E-state index contributed by atoms with van der Waals surface area (Å²) >= 11 is 0.